The van der Waals surface area contributed by atoms with Crippen LogP contribution in [0.5, 0.6) is 0 Å². The largest absolute Gasteiger partial charge is 0.255 e. The first-order chi connectivity index (χ1) is 5.83. The summed E-state index contributed by atoms with van der Waals surface area (Å²) in [5, 5.41) is 0. The monoisotopic (exact) mass is 176 g/mol. The van der Waals surface area contributed by atoms with E-state index >= 15 is 0 Å². The van der Waals surface area contributed by atoms with Crippen molar-refractivity contribution in [3.8, 4) is 0 Å². The van der Waals surface area contributed by atoms with E-state index in [2.05, 4.69) is 13.8 Å². The lowest BCUT2D eigenvalue weighted by Crippen LogP contribution is -1.89. The molecular weight excluding hydrogens is 151 g/mol. The highest BCUT2D eigenvalue weighted by molar-refractivity contribution is 4.70. The fourth-order valence-corrected chi connectivity index (χ4v) is 1.70. The molecule has 1 heteroatoms. The van der Waals surface area contributed by atoms with Gasteiger partial charge in [0, 0.05) is 0 Å². The molecule has 1 fully saturated rings. The average molecular weight is 176 g/mol. The van der Waals surface area contributed by atoms with E-state index in [1.54, 1.807) is 0 Å². The van der Waals surface area contributed by atoms with Crippen molar-refractivity contribution in [2.45, 2.75) is 53.4 Å². The lowest BCUT2D eigenvalue weighted by Gasteiger charge is -2.02. The van der Waals surface area contributed by atoms with Crippen molar-refractivity contribution in [3.63, 3.8) is 0 Å². The van der Waals surface area contributed by atoms with Crippen molar-refractivity contribution in [3.05, 3.63) is 0 Å². The molecule has 0 bridgehead atoms. The molecule has 1 aliphatic carbocycles. The maximum absolute atomic E-state index is 9.50. The zero-order valence-corrected chi connectivity index (χ0v) is 9.36. The topological polar surface area (TPSA) is 0 Å². The lowest BCUT2D eigenvalue weighted by atomic mass is 10.0. The molecule has 1 aliphatic rings. The molecule has 1 saturated carbocycles. The van der Waals surface area contributed by atoms with Gasteiger partial charge in [-0.2, -0.15) is 0 Å². The van der Waals surface area contributed by atoms with Gasteiger partial charge in [-0.25, -0.2) is 0 Å². The standard InChI is InChI=1S/C8H16.C2H6.CH3F/c1-3-8-5-4-7(2)6-8;2*1-2/h7-8H,3-6H2,1-2H3;1-2H3;1H3. The van der Waals surface area contributed by atoms with Crippen LogP contribution in [0.15, 0.2) is 0 Å². The van der Waals surface area contributed by atoms with Gasteiger partial charge in [0.05, 0.1) is 7.18 Å². The molecule has 0 amide bonds. The van der Waals surface area contributed by atoms with Crippen LogP contribution in [0.2, 0.25) is 0 Å². The molecule has 0 heterocycles. The molecule has 12 heavy (non-hydrogen) atoms. The summed E-state index contributed by atoms with van der Waals surface area (Å²) in [6, 6.07) is 0. The quantitative estimate of drug-likeness (QED) is 0.554. The van der Waals surface area contributed by atoms with Crippen LogP contribution in [0.1, 0.15) is 53.4 Å². The Morgan fingerprint density at radius 1 is 1.17 bits per heavy atom. The Bertz CT molecular complexity index is 71.4. The molecule has 0 aromatic rings. The van der Waals surface area contributed by atoms with Gasteiger partial charge in [-0.15, -0.1) is 0 Å². The van der Waals surface area contributed by atoms with Crippen LogP contribution in [-0.4, -0.2) is 7.18 Å². The van der Waals surface area contributed by atoms with Crippen LogP contribution in [0.25, 0.3) is 0 Å². The molecule has 0 spiro atoms. The first-order valence-corrected chi connectivity index (χ1v) is 5.20. The van der Waals surface area contributed by atoms with Gasteiger partial charge in [-0.3, -0.25) is 4.39 Å². The molecule has 0 saturated heterocycles. The summed E-state index contributed by atoms with van der Waals surface area (Å²) in [4.78, 5) is 0. The predicted octanol–water partition coefficient (Wildman–Crippen LogP) is 4.44. The number of halogens is 1. The Balaban J connectivity index is 0. The van der Waals surface area contributed by atoms with E-state index in [-0.39, 0.29) is 0 Å². The van der Waals surface area contributed by atoms with E-state index in [0.717, 1.165) is 11.8 Å². The van der Waals surface area contributed by atoms with Crippen molar-refractivity contribution in [1.29, 1.82) is 0 Å². The summed E-state index contributed by atoms with van der Waals surface area (Å²) in [5.41, 5.74) is 0. The third-order valence-corrected chi connectivity index (χ3v) is 2.38. The SMILES string of the molecule is CC.CCC1CCC(C)C1.CF. The summed E-state index contributed by atoms with van der Waals surface area (Å²) in [5.74, 6) is 2.10. The van der Waals surface area contributed by atoms with Crippen LogP contribution < -0.4 is 0 Å². The zero-order valence-electron chi connectivity index (χ0n) is 9.36. The molecule has 76 valence electrons. The van der Waals surface area contributed by atoms with Crippen molar-refractivity contribution in [1.82, 2.24) is 0 Å². The second kappa shape index (κ2) is 10.9. The molecule has 0 nitrogen and oxygen atoms in total. The number of hydrogen-bond donors (Lipinski definition) is 0. The molecule has 0 radical (unpaired) electrons. The van der Waals surface area contributed by atoms with Crippen molar-refractivity contribution >= 4 is 0 Å². The Kier molecular flexibility index (Phi) is 13.2. The van der Waals surface area contributed by atoms with Crippen molar-refractivity contribution < 1.29 is 4.39 Å². The number of rotatable bonds is 1. The molecule has 1 rings (SSSR count). The van der Waals surface area contributed by atoms with Crippen molar-refractivity contribution in [2.24, 2.45) is 11.8 Å². The van der Waals surface area contributed by atoms with Crippen LogP contribution in [-0.2, 0) is 0 Å². The third-order valence-electron chi connectivity index (χ3n) is 2.38. The maximum atomic E-state index is 9.50. The first kappa shape index (κ1) is 14.5. The highest BCUT2D eigenvalue weighted by atomic mass is 19.1. The summed E-state index contributed by atoms with van der Waals surface area (Å²) >= 11 is 0. The smallest absolute Gasteiger partial charge is 0.0785 e. The van der Waals surface area contributed by atoms with Crippen LogP contribution >= 0.6 is 0 Å². The fraction of sp³-hybridized carbons (Fsp3) is 1.00. The second-order valence-corrected chi connectivity index (χ2v) is 3.19. The third kappa shape index (κ3) is 6.63. The fourth-order valence-electron chi connectivity index (χ4n) is 1.70. The van der Waals surface area contributed by atoms with Crippen molar-refractivity contribution in [2.75, 3.05) is 7.18 Å². The van der Waals surface area contributed by atoms with E-state index in [1.807, 2.05) is 13.8 Å². The maximum Gasteiger partial charge on any atom is 0.0785 e. The Labute approximate surface area is 77.6 Å². The Morgan fingerprint density at radius 2 is 1.67 bits per heavy atom. The highest BCUT2D eigenvalue weighted by Gasteiger charge is 2.18. The van der Waals surface area contributed by atoms with Gasteiger partial charge in [0.25, 0.3) is 0 Å². The van der Waals surface area contributed by atoms with Gasteiger partial charge in [0.15, 0.2) is 0 Å². The summed E-state index contributed by atoms with van der Waals surface area (Å²) in [6.07, 6.45) is 5.89. The molecule has 2 atom stereocenters. The average Bonchev–Trinajstić information content (AvgIpc) is 2.58. The van der Waals surface area contributed by atoms with Gasteiger partial charge >= 0.3 is 0 Å². The molecule has 0 aromatic carbocycles. The molecule has 2 unspecified atom stereocenters. The summed E-state index contributed by atoms with van der Waals surface area (Å²) < 4.78 is 9.50. The summed E-state index contributed by atoms with van der Waals surface area (Å²) in [6.45, 7) is 8.68. The number of hydrogen-bond acceptors (Lipinski definition) is 0. The Hall–Kier alpha value is -0.0700. The first-order valence-electron chi connectivity index (χ1n) is 5.20. The van der Waals surface area contributed by atoms with Crippen LogP contribution in [0, 0.1) is 11.8 Å². The van der Waals surface area contributed by atoms with Crippen LogP contribution in [0.4, 0.5) is 4.39 Å². The van der Waals surface area contributed by atoms with Gasteiger partial charge in [-0.05, 0) is 18.3 Å². The van der Waals surface area contributed by atoms with Gasteiger partial charge in [-0.1, -0.05) is 47.0 Å². The lowest BCUT2D eigenvalue weighted by molar-refractivity contribution is 0.501. The summed E-state index contributed by atoms with van der Waals surface area (Å²) in [7, 11) is 0.500. The van der Waals surface area contributed by atoms with Gasteiger partial charge in [0.1, 0.15) is 0 Å². The van der Waals surface area contributed by atoms with E-state index in [1.165, 1.54) is 25.7 Å². The minimum atomic E-state index is 0.500. The molecular formula is C11H25F. The van der Waals surface area contributed by atoms with Crippen LogP contribution in [0.3, 0.4) is 0 Å². The molecule has 0 aromatic heterocycles. The zero-order chi connectivity index (χ0) is 9.98. The number of alkyl halides is 1. The van der Waals surface area contributed by atoms with Gasteiger partial charge < -0.3 is 0 Å². The van der Waals surface area contributed by atoms with E-state index in [0.29, 0.717) is 7.18 Å². The predicted molar refractivity (Wildman–Crippen MR) is 55.2 cm³/mol. The minimum Gasteiger partial charge on any atom is -0.255 e. The highest BCUT2D eigenvalue weighted by Crippen LogP contribution is 2.31. The van der Waals surface area contributed by atoms with Gasteiger partial charge in [0.2, 0.25) is 0 Å². The van der Waals surface area contributed by atoms with E-state index < -0.39 is 0 Å². The van der Waals surface area contributed by atoms with E-state index in [4.69, 9.17) is 0 Å². The second-order valence-electron chi connectivity index (χ2n) is 3.19. The Morgan fingerprint density at radius 3 is 1.83 bits per heavy atom. The molecule has 0 aliphatic heterocycles. The normalized spacial score (nSPS) is 26.5. The minimum absolute atomic E-state index is 0.500. The van der Waals surface area contributed by atoms with E-state index in [9.17, 15) is 4.39 Å². The molecule has 0 N–H and O–H groups in total.